The Morgan fingerprint density at radius 3 is 2.52 bits per heavy atom. The smallest absolute Gasteiger partial charge is 0.341 e. The van der Waals surface area contributed by atoms with Crippen LogP contribution in [0.15, 0.2) is 42.5 Å². The summed E-state index contributed by atoms with van der Waals surface area (Å²) in [7, 11) is 0. The average molecular weight is 305 g/mol. The predicted octanol–water partition coefficient (Wildman–Crippen LogP) is 3.30. The van der Waals surface area contributed by atoms with Crippen LogP contribution >= 0.6 is 0 Å². The number of hydrogen-bond acceptors (Lipinski definition) is 5. The van der Waals surface area contributed by atoms with Gasteiger partial charge in [0.1, 0.15) is 6.61 Å². The number of benzene rings is 2. The summed E-state index contributed by atoms with van der Waals surface area (Å²) in [5.74, 6) is 1.02. The summed E-state index contributed by atoms with van der Waals surface area (Å²) in [6.45, 7) is 0.409. The van der Waals surface area contributed by atoms with Crippen LogP contribution in [-0.2, 0) is 11.3 Å². The van der Waals surface area contributed by atoms with E-state index in [0.717, 1.165) is 22.0 Å². The van der Waals surface area contributed by atoms with Crippen LogP contribution in [0, 0.1) is 0 Å². The van der Waals surface area contributed by atoms with Gasteiger partial charge in [0.15, 0.2) is 11.5 Å². The molecule has 112 valence electrons. The van der Waals surface area contributed by atoms with Gasteiger partial charge in [0.05, 0.1) is 16.8 Å². The molecule has 0 spiro atoms. The summed E-state index contributed by atoms with van der Waals surface area (Å²) < 4.78 is 16.1. The molecule has 3 heterocycles. The Morgan fingerprint density at radius 1 is 0.913 bits per heavy atom. The summed E-state index contributed by atoms with van der Waals surface area (Å²) in [4.78, 5) is 16.8. The highest BCUT2D eigenvalue weighted by Gasteiger charge is 2.30. The number of rotatable bonds is 1. The molecule has 0 unspecified atom stereocenters. The number of aromatic nitrogens is 1. The van der Waals surface area contributed by atoms with E-state index in [1.165, 1.54) is 0 Å². The highest BCUT2D eigenvalue weighted by Crippen LogP contribution is 2.42. The van der Waals surface area contributed by atoms with Crippen molar-refractivity contribution in [2.45, 2.75) is 6.61 Å². The number of esters is 1. The molecule has 5 rings (SSSR count). The molecule has 2 aliphatic heterocycles. The molecule has 0 saturated carbocycles. The summed E-state index contributed by atoms with van der Waals surface area (Å²) in [5.41, 5.74) is 3.77. The SMILES string of the molecule is O=C1OCc2nc3cc4c(cc3c(-c3ccccc3)c21)OCO4. The lowest BCUT2D eigenvalue weighted by Gasteiger charge is -2.11. The van der Waals surface area contributed by atoms with Gasteiger partial charge in [0.2, 0.25) is 6.79 Å². The topological polar surface area (TPSA) is 57.7 Å². The number of pyridine rings is 1. The summed E-state index contributed by atoms with van der Waals surface area (Å²) in [5, 5.41) is 0.859. The Hall–Kier alpha value is -3.08. The fourth-order valence-electron chi connectivity index (χ4n) is 3.14. The molecule has 23 heavy (non-hydrogen) atoms. The van der Waals surface area contributed by atoms with Crippen LogP contribution in [0.3, 0.4) is 0 Å². The summed E-state index contributed by atoms with van der Waals surface area (Å²) in [6.07, 6.45) is 0. The van der Waals surface area contributed by atoms with Crippen molar-refractivity contribution in [1.82, 2.24) is 4.98 Å². The fraction of sp³-hybridized carbons (Fsp3) is 0.111. The fourth-order valence-corrected chi connectivity index (χ4v) is 3.14. The third kappa shape index (κ3) is 1.73. The number of fused-ring (bicyclic) bond motifs is 3. The van der Waals surface area contributed by atoms with Crippen LogP contribution in [0.5, 0.6) is 11.5 Å². The number of cyclic esters (lactones) is 1. The molecule has 0 bridgehead atoms. The number of carbonyl (C=O) groups is 1. The van der Waals surface area contributed by atoms with E-state index in [1.54, 1.807) is 0 Å². The van der Waals surface area contributed by atoms with Crippen molar-refractivity contribution in [3.05, 3.63) is 53.7 Å². The second-order valence-electron chi connectivity index (χ2n) is 5.47. The first-order chi connectivity index (χ1) is 11.3. The van der Waals surface area contributed by atoms with E-state index < -0.39 is 0 Å². The molecule has 0 N–H and O–H groups in total. The standard InChI is InChI=1S/C18H11NO4/c20-18-17-13(8-21-18)19-12-7-15-14(22-9-23-15)6-11(12)16(17)10-4-2-1-3-5-10/h1-7H,8-9H2. The van der Waals surface area contributed by atoms with E-state index in [4.69, 9.17) is 14.2 Å². The van der Waals surface area contributed by atoms with Crippen molar-refractivity contribution in [2.24, 2.45) is 0 Å². The van der Waals surface area contributed by atoms with Crippen LogP contribution in [0.25, 0.3) is 22.0 Å². The minimum absolute atomic E-state index is 0.202. The van der Waals surface area contributed by atoms with Crippen molar-refractivity contribution in [1.29, 1.82) is 0 Å². The lowest BCUT2D eigenvalue weighted by atomic mass is 9.94. The Labute approximate surface area is 131 Å². The molecule has 0 amide bonds. The molecule has 0 aliphatic carbocycles. The van der Waals surface area contributed by atoms with Crippen molar-refractivity contribution in [2.75, 3.05) is 6.79 Å². The van der Waals surface area contributed by atoms with Crippen molar-refractivity contribution >= 4 is 16.9 Å². The molecule has 1 aromatic heterocycles. The first-order valence-electron chi connectivity index (χ1n) is 7.30. The number of carbonyl (C=O) groups excluding carboxylic acids is 1. The molecule has 5 nitrogen and oxygen atoms in total. The lowest BCUT2D eigenvalue weighted by Crippen LogP contribution is -2.00. The van der Waals surface area contributed by atoms with Gasteiger partial charge < -0.3 is 14.2 Å². The van der Waals surface area contributed by atoms with Gasteiger partial charge in [0.25, 0.3) is 0 Å². The van der Waals surface area contributed by atoms with Gasteiger partial charge in [-0.25, -0.2) is 9.78 Å². The molecular formula is C18H11NO4. The molecular weight excluding hydrogens is 294 g/mol. The van der Waals surface area contributed by atoms with Gasteiger partial charge in [-0.3, -0.25) is 0 Å². The van der Waals surface area contributed by atoms with Crippen molar-refractivity contribution < 1.29 is 19.0 Å². The third-order valence-electron chi connectivity index (χ3n) is 4.16. The second kappa shape index (κ2) is 4.46. The summed E-state index contributed by atoms with van der Waals surface area (Å²) in [6, 6.07) is 13.5. The minimum atomic E-state index is -0.328. The second-order valence-corrected chi connectivity index (χ2v) is 5.47. The van der Waals surface area contributed by atoms with Gasteiger partial charge in [-0.2, -0.15) is 0 Å². The van der Waals surface area contributed by atoms with Gasteiger partial charge in [-0.05, 0) is 11.6 Å². The third-order valence-corrected chi connectivity index (χ3v) is 4.16. The maximum absolute atomic E-state index is 12.2. The van der Waals surface area contributed by atoms with E-state index in [2.05, 4.69) is 4.98 Å². The van der Waals surface area contributed by atoms with Crippen LogP contribution < -0.4 is 9.47 Å². The predicted molar refractivity (Wildman–Crippen MR) is 82.4 cm³/mol. The average Bonchev–Trinajstić information content (AvgIpc) is 3.18. The van der Waals surface area contributed by atoms with Crippen LogP contribution in [0.4, 0.5) is 0 Å². The van der Waals surface area contributed by atoms with Crippen molar-refractivity contribution in [3.8, 4) is 22.6 Å². The molecule has 0 fully saturated rings. The van der Waals surface area contributed by atoms with Crippen LogP contribution in [0.2, 0.25) is 0 Å². The van der Waals surface area contributed by atoms with Gasteiger partial charge in [-0.15, -0.1) is 0 Å². The van der Waals surface area contributed by atoms with Crippen LogP contribution in [0.1, 0.15) is 16.1 Å². The number of nitrogens with zero attached hydrogens (tertiary/aromatic N) is 1. The maximum Gasteiger partial charge on any atom is 0.341 e. The van der Waals surface area contributed by atoms with E-state index in [0.29, 0.717) is 22.8 Å². The number of ether oxygens (including phenoxy) is 3. The Balaban J connectivity index is 1.92. The van der Waals surface area contributed by atoms with Gasteiger partial charge in [0, 0.05) is 17.0 Å². The zero-order valence-electron chi connectivity index (χ0n) is 12.0. The van der Waals surface area contributed by atoms with E-state index in [9.17, 15) is 4.79 Å². The first-order valence-corrected chi connectivity index (χ1v) is 7.30. The molecule has 3 aromatic rings. The van der Waals surface area contributed by atoms with E-state index in [1.807, 2.05) is 42.5 Å². The Morgan fingerprint density at radius 2 is 1.70 bits per heavy atom. The van der Waals surface area contributed by atoms with E-state index in [-0.39, 0.29) is 19.4 Å². The van der Waals surface area contributed by atoms with E-state index >= 15 is 0 Å². The quantitative estimate of drug-likeness (QED) is 0.646. The zero-order valence-corrected chi connectivity index (χ0v) is 12.0. The Kier molecular flexibility index (Phi) is 2.42. The monoisotopic (exact) mass is 305 g/mol. The largest absolute Gasteiger partial charge is 0.455 e. The molecule has 0 saturated heterocycles. The maximum atomic E-state index is 12.2. The zero-order chi connectivity index (χ0) is 15.4. The molecule has 2 aliphatic rings. The summed E-state index contributed by atoms with van der Waals surface area (Å²) >= 11 is 0. The van der Waals surface area contributed by atoms with Crippen LogP contribution in [-0.4, -0.2) is 17.7 Å². The normalized spacial score (nSPS) is 14.9. The van der Waals surface area contributed by atoms with Gasteiger partial charge >= 0.3 is 5.97 Å². The van der Waals surface area contributed by atoms with Crippen molar-refractivity contribution in [3.63, 3.8) is 0 Å². The number of hydrogen-bond donors (Lipinski definition) is 0. The molecule has 0 radical (unpaired) electrons. The Bertz CT molecular complexity index is 966. The first kappa shape index (κ1) is 12.5. The highest BCUT2D eigenvalue weighted by molar-refractivity contribution is 6.09. The molecule has 0 atom stereocenters. The highest BCUT2D eigenvalue weighted by atomic mass is 16.7. The minimum Gasteiger partial charge on any atom is -0.455 e. The molecule has 5 heteroatoms. The van der Waals surface area contributed by atoms with Gasteiger partial charge in [-0.1, -0.05) is 30.3 Å². The molecule has 2 aromatic carbocycles. The lowest BCUT2D eigenvalue weighted by molar-refractivity contribution is 0.0534.